The van der Waals surface area contributed by atoms with Gasteiger partial charge in [-0.15, -0.1) is 0 Å². The third kappa shape index (κ3) is 27.6. The van der Waals surface area contributed by atoms with Gasteiger partial charge in [0.15, 0.2) is 0 Å². The predicted molar refractivity (Wildman–Crippen MR) is 119 cm³/mol. The van der Waals surface area contributed by atoms with Crippen molar-refractivity contribution in [3.8, 4) is 0 Å². The molecule has 0 aromatic rings. The summed E-state index contributed by atoms with van der Waals surface area (Å²) in [6, 6.07) is 0. The predicted octanol–water partition coefficient (Wildman–Crippen LogP) is 2.00. The molecule has 0 aliphatic carbocycles. The van der Waals surface area contributed by atoms with Crippen molar-refractivity contribution in [2.75, 3.05) is 59.3 Å². The zero-order valence-electron chi connectivity index (χ0n) is 19.2. The van der Waals surface area contributed by atoms with Crippen molar-refractivity contribution in [3.05, 3.63) is 0 Å². The Morgan fingerprint density at radius 1 is 0.645 bits per heavy atom. The molecule has 0 aliphatic rings. The molecule has 0 saturated carbocycles. The molecule has 31 heavy (non-hydrogen) atoms. The summed E-state index contributed by atoms with van der Waals surface area (Å²) in [6.07, 6.45) is 13.1. The molecule has 0 radical (unpaired) electrons. The number of ether oxygens (including phenoxy) is 1. The number of rotatable bonds is 21. The minimum atomic E-state index is -4.67. The molecule has 5 N–H and O–H groups in total. The van der Waals surface area contributed by atoms with E-state index in [0.29, 0.717) is 32.8 Å². The molecule has 0 amide bonds. The van der Waals surface area contributed by atoms with Crippen molar-refractivity contribution in [2.24, 2.45) is 0 Å². The van der Waals surface area contributed by atoms with Crippen LogP contribution in [0.15, 0.2) is 0 Å². The number of aliphatic hydroxyl groups is 3. The van der Waals surface area contributed by atoms with Crippen molar-refractivity contribution < 1.29 is 47.1 Å². The Kier molecular flexibility index (Phi) is 24.1. The zero-order valence-corrected chi connectivity index (χ0v) is 20.0. The summed E-state index contributed by atoms with van der Waals surface area (Å²) in [7, 11) is -4.67. The number of aliphatic hydroxyl groups excluding tert-OH is 3. The number of hydrogen-bond donors (Lipinski definition) is 5. The molecular formula is C20H46NO9S+. The van der Waals surface area contributed by atoms with E-state index < -0.39 is 10.4 Å². The van der Waals surface area contributed by atoms with E-state index in [9.17, 15) is 15.3 Å². The Labute approximate surface area is 188 Å². The Balaban J connectivity index is 0. The third-order valence-corrected chi connectivity index (χ3v) is 4.76. The number of hydroxylamine groups is 3. The molecule has 0 spiro atoms. The van der Waals surface area contributed by atoms with Crippen LogP contribution in [-0.2, 0) is 20.0 Å². The van der Waals surface area contributed by atoms with Gasteiger partial charge in [0, 0.05) is 6.61 Å². The summed E-state index contributed by atoms with van der Waals surface area (Å²) < 4.78 is 37.3. The van der Waals surface area contributed by atoms with E-state index >= 15 is 0 Å². The van der Waals surface area contributed by atoms with E-state index in [1.165, 1.54) is 57.8 Å². The standard InChI is InChI=1S/C20H44NO5.H2O4S/c1-2-3-4-5-6-7-8-9-10-11-18-25-19-20-26-21(12-15-22,13-16-23)14-17-24;1-5(2,3)4/h22-24H,2-20H2,1H3;(H2,1,2,3,4)/q+1;. The molecule has 0 fully saturated rings. The first-order chi connectivity index (χ1) is 14.7. The van der Waals surface area contributed by atoms with Gasteiger partial charge >= 0.3 is 10.4 Å². The van der Waals surface area contributed by atoms with Crippen molar-refractivity contribution in [3.63, 3.8) is 0 Å². The van der Waals surface area contributed by atoms with Gasteiger partial charge in [-0.1, -0.05) is 64.7 Å². The first kappa shape index (κ1) is 32.8. The van der Waals surface area contributed by atoms with Gasteiger partial charge in [-0.3, -0.25) is 9.11 Å². The van der Waals surface area contributed by atoms with Crippen molar-refractivity contribution in [2.45, 2.75) is 71.1 Å². The van der Waals surface area contributed by atoms with Crippen molar-refractivity contribution in [1.82, 2.24) is 0 Å². The van der Waals surface area contributed by atoms with Crippen LogP contribution in [0.5, 0.6) is 0 Å². The molecule has 0 saturated heterocycles. The minimum absolute atomic E-state index is 0.0422. The molecule has 0 bridgehead atoms. The highest BCUT2D eigenvalue weighted by atomic mass is 32.3. The maximum atomic E-state index is 9.18. The molecule has 11 heteroatoms. The average molecular weight is 477 g/mol. The summed E-state index contributed by atoms with van der Waals surface area (Å²) in [6.45, 7) is 4.86. The lowest BCUT2D eigenvalue weighted by molar-refractivity contribution is -1.10. The van der Waals surface area contributed by atoms with Crippen LogP contribution in [0.25, 0.3) is 0 Å². The maximum Gasteiger partial charge on any atom is 0.394 e. The Morgan fingerprint density at radius 3 is 1.42 bits per heavy atom. The molecule has 0 unspecified atom stereocenters. The van der Waals surface area contributed by atoms with E-state index in [1.54, 1.807) is 0 Å². The topological polar surface area (TPSA) is 154 Å². The van der Waals surface area contributed by atoms with Gasteiger partial charge in [0.05, 0.1) is 26.4 Å². The molecule has 0 aromatic carbocycles. The molecule has 0 aromatic heterocycles. The van der Waals surface area contributed by atoms with E-state index in [-0.39, 0.29) is 24.5 Å². The molecule has 0 atom stereocenters. The Bertz CT molecular complexity index is 439. The van der Waals surface area contributed by atoms with E-state index in [4.69, 9.17) is 27.1 Å². The highest BCUT2D eigenvalue weighted by molar-refractivity contribution is 7.79. The molecular weight excluding hydrogens is 430 g/mol. The van der Waals surface area contributed by atoms with Crippen LogP contribution >= 0.6 is 0 Å². The Morgan fingerprint density at radius 2 is 1.03 bits per heavy atom. The highest BCUT2D eigenvalue weighted by Crippen LogP contribution is 2.11. The van der Waals surface area contributed by atoms with Crippen molar-refractivity contribution >= 4 is 10.4 Å². The SMILES string of the molecule is CCCCCCCCCCCCOCCO[N+](CCO)(CCO)CCO.O=S(=O)(O)O. The third-order valence-electron chi connectivity index (χ3n) is 4.76. The molecule has 0 heterocycles. The van der Waals surface area contributed by atoms with E-state index in [0.717, 1.165) is 13.0 Å². The maximum absolute atomic E-state index is 9.18. The summed E-state index contributed by atoms with van der Waals surface area (Å²) >= 11 is 0. The summed E-state index contributed by atoms with van der Waals surface area (Å²) in [4.78, 5) is 5.78. The van der Waals surface area contributed by atoms with Crippen LogP contribution in [0.1, 0.15) is 71.1 Å². The van der Waals surface area contributed by atoms with Gasteiger partial charge in [0.25, 0.3) is 0 Å². The van der Waals surface area contributed by atoms with E-state index in [2.05, 4.69) is 6.92 Å². The fraction of sp³-hybridized carbons (Fsp3) is 1.00. The van der Waals surface area contributed by atoms with Crippen LogP contribution in [-0.4, -0.2) is 96.8 Å². The number of nitrogens with zero attached hydrogens (tertiary/aromatic N) is 1. The second-order valence-corrected chi connectivity index (χ2v) is 8.37. The Hall–Kier alpha value is -0.370. The first-order valence-electron chi connectivity index (χ1n) is 11.4. The normalized spacial score (nSPS) is 11.9. The van der Waals surface area contributed by atoms with Gasteiger partial charge in [-0.25, -0.2) is 4.84 Å². The van der Waals surface area contributed by atoms with Crippen LogP contribution < -0.4 is 0 Å². The smallest absolute Gasteiger partial charge is 0.390 e. The second-order valence-electron chi connectivity index (χ2n) is 7.48. The van der Waals surface area contributed by atoms with Crippen LogP contribution in [0.4, 0.5) is 0 Å². The fourth-order valence-electron chi connectivity index (χ4n) is 3.16. The lowest BCUT2D eigenvalue weighted by atomic mass is 10.1. The monoisotopic (exact) mass is 476 g/mol. The number of quaternary nitrogens is 1. The zero-order chi connectivity index (χ0) is 23.8. The lowest BCUT2D eigenvalue weighted by Gasteiger charge is -2.34. The summed E-state index contributed by atoms with van der Waals surface area (Å²) in [5.41, 5.74) is 0. The number of hydrogen-bond acceptors (Lipinski definition) is 7. The van der Waals surface area contributed by atoms with Gasteiger partial charge in [-0.05, 0) is 6.42 Å². The van der Waals surface area contributed by atoms with E-state index in [1.807, 2.05) is 0 Å². The van der Waals surface area contributed by atoms with Gasteiger partial charge in [0.1, 0.15) is 26.2 Å². The second kappa shape index (κ2) is 22.8. The quantitative estimate of drug-likeness (QED) is 0.0724. The molecule has 0 rings (SSSR count). The van der Waals surface area contributed by atoms with Gasteiger partial charge < -0.3 is 20.1 Å². The van der Waals surface area contributed by atoms with Gasteiger partial charge in [0.2, 0.25) is 0 Å². The molecule has 0 aliphatic heterocycles. The summed E-state index contributed by atoms with van der Waals surface area (Å²) in [5, 5.41) is 27.5. The number of unbranched alkanes of at least 4 members (excludes halogenated alkanes) is 9. The highest BCUT2D eigenvalue weighted by Gasteiger charge is 2.28. The van der Waals surface area contributed by atoms with Crippen LogP contribution in [0.2, 0.25) is 0 Å². The first-order valence-corrected chi connectivity index (χ1v) is 12.7. The van der Waals surface area contributed by atoms with Crippen LogP contribution in [0, 0.1) is 0 Å². The largest absolute Gasteiger partial charge is 0.394 e. The molecule has 190 valence electrons. The summed E-state index contributed by atoms with van der Waals surface area (Å²) in [5.74, 6) is 0. The molecule has 10 nitrogen and oxygen atoms in total. The average Bonchev–Trinajstić information content (AvgIpc) is 2.67. The van der Waals surface area contributed by atoms with Crippen LogP contribution in [0.3, 0.4) is 0 Å². The van der Waals surface area contributed by atoms with Gasteiger partial charge in [-0.2, -0.15) is 13.1 Å². The fourth-order valence-corrected chi connectivity index (χ4v) is 3.16. The van der Waals surface area contributed by atoms with Crippen molar-refractivity contribution in [1.29, 1.82) is 0 Å². The lowest BCUT2D eigenvalue weighted by Crippen LogP contribution is -2.53. The minimum Gasteiger partial charge on any atom is -0.390 e.